The van der Waals surface area contributed by atoms with Gasteiger partial charge in [0.1, 0.15) is 0 Å². The second-order valence-corrected chi connectivity index (χ2v) is 5.54. The summed E-state index contributed by atoms with van der Waals surface area (Å²) >= 11 is 0. The van der Waals surface area contributed by atoms with Crippen molar-refractivity contribution in [1.29, 1.82) is 0 Å². The summed E-state index contributed by atoms with van der Waals surface area (Å²) in [4.78, 5) is 11.7. The highest BCUT2D eigenvalue weighted by Crippen LogP contribution is 2.25. The summed E-state index contributed by atoms with van der Waals surface area (Å²) in [5, 5.41) is 5.82. The third-order valence-electron chi connectivity index (χ3n) is 3.84. The lowest BCUT2D eigenvalue weighted by Gasteiger charge is -2.21. The molecule has 0 saturated heterocycles. The third kappa shape index (κ3) is 4.93. The van der Waals surface area contributed by atoms with E-state index in [4.69, 9.17) is 0 Å². The van der Waals surface area contributed by atoms with Crippen LogP contribution in [0.3, 0.4) is 0 Å². The van der Waals surface area contributed by atoms with Crippen molar-refractivity contribution in [3.05, 3.63) is 29.8 Å². The minimum Gasteiger partial charge on any atom is -0.338 e. The number of anilines is 1. The minimum atomic E-state index is -0.0959. The average Bonchev–Trinajstić information content (AvgIpc) is 2.40. The van der Waals surface area contributed by atoms with Crippen LogP contribution in [0.1, 0.15) is 44.1 Å². The summed E-state index contributed by atoms with van der Waals surface area (Å²) < 4.78 is 0. The van der Waals surface area contributed by atoms with Crippen LogP contribution in [-0.2, 0) is 0 Å². The highest BCUT2D eigenvalue weighted by atomic mass is 16.2. The molecule has 3 heteroatoms. The van der Waals surface area contributed by atoms with Crippen molar-refractivity contribution in [2.45, 2.75) is 45.4 Å². The molecule has 2 N–H and O–H groups in total. The topological polar surface area (TPSA) is 41.1 Å². The molecule has 104 valence electrons. The number of carbonyl (C=O) groups excluding carboxylic acids is 1. The van der Waals surface area contributed by atoms with Gasteiger partial charge in [0.05, 0.1) is 0 Å². The van der Waals surface area contributed by atoms with Gasteiger partial charge in [-0.1, -0.05) is 44.2 Å². The Hall–Kier alpha value is -1.51. The number of carbonyl (C=O) groups is 1. The van der Waals surface area contributed by atoms with Gasteiger partial charge in [-0.25, -0.2) is 4.79 Å². The molecule has 1 aromatic carbocycles. The largest absolute Gasteiger partial charge is 0.338 e. The van der Waals surface area contributed by atoms with E-state index in [-0.39, 0.29) is 6.03 Å². The molecule has 0 unspecified atom stereocenters. The molecule has 1 aliphatic carbocycles. The van der Waals surface area contributed by atoms with Crippen LogP contribution in [0.15, 0.2) is 24.3 Å². The van der Waals surface area contributed by atoms with Crippen LogP contribution >= 0.6 is 0 Å². The fourth-order valence-corrected chi connectivity index (χ4v) is 2.76. The molecule has 0 heterocycles. The van der Waals surface area contributed by atoms with E-state index in [1.54, 1.807) is 0 Å². The third-order valence-corrected chi connectivity index (χ3v) is 3.84. The van der Waals surface area contributed by atoms with Crippen LogP contribution in [0, 0.1) is 12.8 Å². The summed E-state index contributed by atoms with van der Waals surface area (Å²) in [6.07, 6.45) is 7.89. The number of aryl methyl sites for hydroxylation is 1. The van der Waals surface area contributed by atoms with Gasteiger partial charge >= 0.3 is 6.03 Å². The minimum absolute atomic E-state index is 0.0959. The van der Waals surface area contributed by atoms with E-state index in [9.17, 15) is 4.79 Å². The summed E-state index contributed by atoms with van der Waals surface area (Å²) in [5.41, 5.74) is 2.01. The maximum absolute atomic E-state index is 11.7. The first kappa shape index (κ1) is 13.9. The maximum Gasteiger partial charge on any atom is 0.319 e. The van der Waals surface area contributed by atoms with Crippen molar-refractivity contribution in [2.75, 3.05) is 11.9 Å². The highest BCUT2D eigenvalue weighted by molar-refractivity contribution is 5.89. The second-order valence-electron chi connectivity index (χ2n) is 5.54. The van der Waals surface area contributed by atoms with Crippen LogP contribution in [0.2, 0.25) is 0 Å². The van der Waals surface area contributed by atoms with Gasteiger partial charge in [0, 0.05) is 12.2 Å². The zero-order valence-electron chi connectivity index (χ0n) is 11.7. The van der Waals surface area contributed by atoms with Crippen molar-refractivity contribution >= 4 is 11.7 Å². The SMILES string of the molecule is Cc1cccc(NC(=O)NCCC2CCCCC2)c1. The van der Waals surface area contributed by atoms with Crippen molar-refractivity contribution in [3.63, 3.8) is 0 Å². The fraction of sp³-hybridized carbons (Fsp3) is 0.562. The summed E-state index contributed by atoms with van der Waals surface area (Å²) in [5.74, 6) is 0.813. The van der Waals surface area contributed by atoms with Crippen LogP contribution < -0.4 is 10.6 Å². The number of amides is 2. The molecule has 1 saturated carbocycles. The van der Waals surface area contributed by atoms with Crippen molar-refractivity contribution < 1.29 is 4.79 Å². The average molecular weight is 260 g/mol. The molecule has 0 radical (unpaired) electrons. The van der Waals surface area contributed by atoms with E-state index < -0.39 is 0 Å². The van der Waals surface area contributed by atoms with Gasteiger partial charge in [0.2, 0.25) is 0 Å². The Bertz CT molecular complexity index is 411. The zero-order chi connectivity index (χ0) is 13.5. The van der Waals surface area contributed by atoms with Crippen molar-refractivity contribution in [2.24, 2.45) is 5.92 Å². The van der Waals surface area contributed by atoms with Gasteiger partial charge in [-0.2, -0.15) is 0 Å². The lowest BCUT2D eigenvalue weighted by Crippen LogP contribution is -2.30. The number of nitrogens with one attached hydrogen (secondary N) is 2. The van der Waals surface area contributed by atoms with Gasteiger partial charge in [0.25, 0.3) is 0 Å². The van der Waals surface area contributed by atoms with Gasteiger partial charge in [0.15, 0.2) is 0 Å². The van der Waals surface area contributed by atoms with E-state index in [2.05, 4.69) is 10.6 Å². The van der Waals surface area contributed by atoms with Crippen LogP contribution in [0.5, 0.6) is 0 Å². The van der Waals surface area contributed by atoms with Gasteiger partial charge < -0.3 is 10.6 Å². The van der Waals surface area contributed by atoms with Crippen molar-refractivity contribution in [1.82, 2.24) is 5.32 Å². The number of urea groups is 1. The number of benzene rings is 1. The maximum atomic E-state index is 11.7. The Morgan fingerprint density at radius 2 is 2.05 bits per heavy atom. The molecule has 3 nitrogen and oxygen atoms in total. The van der Waals surface area contributed by atoms with Gasteiger partial charge in [-0.3, -0.25) is 0 Å². The van der Waals surface area contributed by atoms with Crippen molar-refractivity contribution in [3.8, 4) is 0 Å². The van der Waals surface area contributed by atoms with E-state index in [0.29, 0.717) is 0 Å². The molecule has 0 bridgehead atoms. The Balaban J connectivity index is 1.67. The fourth-order valence-electron chi connectivity index (χ4n) is 2.76. The Morgan fingerprint density at radius 1 is 1.26 bits per heavy atom. The smallest absolute Gasteiger partial charge is 0.319 e. The van der Waals surface area contributed by atoms with Gasteiger partial charge in [-0.15, -0.1) is 0 Å². The van der Waals surface area contributed by atoms with E-state index in [1.165, 1.54) is 32.1 Å². The van der Waals surface area contributed by atoms with E-state index in [1.807, 2.05) is 31.2 Å². The normalized spacial score (nSPS) is 16.1. The number of hydrogen-bond acceptors (Lipinski definition) is 1. The molecule has 0 atom stereocenters. The summed E-state index contributed by atoms with van der Waals surface area (Å²) in [6, 6.07) is 7.76. The quantitative estimate of drug-likeness (QED) is 0.841. The first-order valence-corrected chi connectivity index (χ1v) is 7.35. The standard InChI is InChI=1S/C16H24N2O/c1-13-6-5-9-15(12-13)18-16(19)17-11-10-14-7-3-2-4-8-14/h5-6,9,12,14H,2-4,7-8,10-11H2,1H3,(H2,17,18,19). The highest BCUT2D eigenvalue weighted by Gasteiger charge is 2.13. The molecule has 2 rings (SSSR count). The Kier molecular flexibility index (Phi) is 5.25. The van der Waals surface area contributed by atoms with E-state index in [0.717, 1.165) is 30.1 Å². The molecular formula is C16H24N2O. The van der Waals surface area contributed by atoms with E-state index >= 15 is 0 Å². The molecular weight excluding hydrogens is 236 g/mol. The first-order valence-electron chi connectivity index (χ1n) is 7.35. The number of hydrogen-bond donors (Lipinski definition) is 2. The Morgan fingerprint density at radius 3 is 2.79 bits per heavy atom. The lowest BCUT2D eigenvalue weighted by molar-refractivity contribution is 0.250. The summed E-state index contributed by atoms with van der Waals surface area (Å²) in [7, 11) is 0. The molecule has 1 fully saturated rings. The monoisotopic (exact) mass is 260 g/mol. The second kappa shape index (κ2) is 7.17. The molecule has 0 spiro atoms. The molecule has 1 aromatic rings. The molecule has 19 heavy (non-hydrogen) atoms. The molecule has 0 aliphatic heterocycles. The molecule has 2 amide bonds. The predicted octanol–water partition coefficient (Wildman–Crippen LogP) is 4.09. The van der Waals surface area contributed by atoms with Gasteiger partial charge in [-0.05, 0) is 37.0 Å². The Labute approximate surface area is 115 Å². The lowest BCUT2D eigenvalue weighted by atomic mass is 9.87. The molecule has 1 aliphatic rings. The zero-order valence-corrected chi connectivity index (χ0v) is 11.7. The summed E-state index contributed by atoms with van der Waals surface area (Å²) in [6.45, 7) is 2.80. The van der Waals surface area contributed by atoms with Crippen LogP contribution in [0.25, 0.3) is 0 Å². The van der Waals surface area contributed by atoms with Crippen LogP contribution in [-0.4, -0.2) is 12.6 Å². The number of rotatable bonds is 4. The molecule has 0 aromatic heterocycles. The predicted molar refractivity (Wildman–Crippen MR) is 79.4 cm³/mol. The van der Waals surface area contributed by atoms with Crippen LogP contribution in [0.4, 0.5) is 10.5 Å². The first-order chi connectivity index (χ1) is 9.24.